The molecule has 0 bridgehead atoms. The molecule has 0 saturated carbocycles. The number of nitrogens with zero attached hydrogens (tertiary/aromatic N) is 3. The summed E-state index contributed by atoms with van der Waals surface area (Å²) in [5.74, 6) is 1.48. The van der Waals surface area contributed by atoms with Crippen LogP contribution in [-0.4, -0.2) is 26.4 Å². The number of anilines is 1. The second-order valence-corrected chi connectivity index (χ2v) is 7.78. The monoisotopic (exact) mass is 406 g/mol. The molecule has 0 fully saturated rings. The molecule has 6 heteroatoms. The summed E-state index contributed by atoms with van der Waals surface area (Å²) < 4.78 is 1.97. The average Bonchev–Trinajstić information content (AvgIpc) is 3.16. The Hall–Kier alpha value is -2.86. The summed E-state index contributed by atoms with van der Waals surface area (Å²) in [5.41, 5.74) is 3.07. The Bertz CT molecular complexity index is 951. The van der Waals surface area contributed by atoms with Crippen LogP contribution >= 0.6 is 11.8 Å². The van der Waals surface area contributed by atoms with Crippen LogP contribution in [0.1, 0.15) is 31.7 Å². The normalized spacial score (nSPS) is 11.8. The number of benzene rings is 2. The molecule has 1 N–H and O–H groups in total. The number of hydrogen-bond donors (Lipinski definition) is 1. The second kappa shape index (κ2) is 10.1. The minimum atomic E-state index is -0.0688. The van der Waals surface area contributed by atoms with Crippen LogP contribution in [0.4, 0.5) is 5.69 Å². The van der Waals surface area contributed by atoms with Crippen LogP contribution in [-0.2, 0) is 11.3 Å². The third kappa shape index (κ3) is 5.35. The van der Waals surface area contributed by atoms with E-state index in [1.54, 1.807) is 6.08 Å². The van der Waals surface area contributed by atoms with Crippen LogP contribution in [0.2, 0.25) is 0 Å². The van der Waals surface area contributed by atoms with Gasteiger partial charge in [-0.15, -0.1) is 16.8 Å². The largest absolute Gasteiger partial charge is 0.325 e. The van der Waals surface area contributed by atoms with Gasteiger partial charge in [-0.3, -0.25) is 9.36 Å². The van der Waals surface area contributed by atoms with Crippen LogP contribution in [0.15, 0.2) is 72.4 Å². The molecule has 29 heavy (non-hydrogen) atoms. The number of allylic oxidation sites excluding steroid dienone is 1. The van der Waals surface area contributed by atoms with Crippen molar-refractivity contribution in [1.29, 1.82) is 0 Å². The van der Waals surface area contributed by atoms with E-state index in [0.29, 0.717) is 17.6 Å². The number of carbonyl (C=O) groups excluding carboxylic acids is 1. The number of hydrogen-bond acceptors (Lipinski definition) is 4. The highest BCUT2D eigenvalue weighted by atomic mass is 32.2. The van der Waals surface area contributed by atoms with Gasteiger partial charge < -0.3 is 5.32 Å². The molecule has 3 rings (SSSR count). The van der Waals surface area contributed by atoms with E-state index in [0.717, 1.165) is 23.5 Å². The number of amides is 1. The molecule has 150 valence electrons. The van der Waals surface area contributed by atoms with E-state index in [1.807, 2.05) is 47.0 Å². The maximum Gasteiger partial charge on any atom is 0.234 e. The van der Waals surface area contributed by atoms with E-state index in [9.17, 15) is 4.79 Å². The van der Waals surface area contributed by atoms with Gasteiger partial charge in [-0.05, 0) is 30.0 Å². The summed E-state index contributed by atoms with van der Waals surface area (Å²) in [6.45, 7) is 8.78. The van der Waals surface area contributed by atoms with Crippen LogP contribution in [0.3, 0.4) is 0 Å². The molecule has 1 aromatic heterocycles. The summed E-state index contributed by atoms with van der Waals surface area (Å²) in [6.07, 6.45) is 2.90. The van der Waals surface area contributed by atoms with E-state index in [-0.39, 0.29) is 11.7 Å². The zero-order valence-electron chi connectivity index (χ0n) is 16.8. The predicted octanol–water partition coefficient (Wildman–Crippen LogP) is 5.38. The Morgan fingerprint density at radius 3 is 2.55 bits per heavy atom. The fourth-order valence-corrected chi connectivity index (χ4v) is 3.70. The number of carbonyl (C=O) groups is 1. The zero-order chi connectivity index (χ0) is 20.6. The van der Waals surface area contributed by atoms with Crippen molar-refractivity contribution in [3.63, 3.8) is 0 Å². The molecule has 0 aliphatic heterocycles. The molecule has 0 radical (unpaired) electrons. The maximum atomic E-state index is 12.4. The lowest BCUT2D eigenvalue weighted by Crippen LogP contribution is -2.14. The van der Waals surface area contributed by atoms with E-state index in [1.165, 1.54) is 17.3 Å². The lowest BCUT2D eigenvalue weighted by atomic mass is 9.99. The van der Waals surface area contributed by atoms with Gasteiger partial charge in [-0.2, -0.15) is 0 Å². The van der Waals surface area contributed by atoms with Crippen molar-refractivity contribution < 1.29 is 4.79 Å². The van der Waals surface area contributed by atoms with Crippen molar-refractivity contribution in [3.8, 4) is 11.4 Å². The highest BCUT2D eigenvalue weighted by molar-refractivity contribution is 7.99. The fraction of sp³-hybridized carbons (Fsp3) is 0.261. The first kappa shape index (κ1) is 20.9. The lowest BCUT2D eigenvalue weighted by Gasteiger charge is -2.11. The molecule has 5 nitrogen and oxygen atoms in total. The molecular formula is C23H26N4OS. The maximum absolute atomic E-state index is 12.4. The minimum Gasteiger partial charge on any atom is -0.325 e. The number of rotatable bonds is 9. The Morgan fingerprint density at radius 2 is 1.90 bits per heavy atom. The highest BCUT2D eigenvalue weighted by Crippen LogP contribution is 2.24. The average molecular weight is 407 g/mol. The standard InChI is InChI=1S/C23H26N4OS/c1-4-15-27-22(19-9-7-6-8-10-19)25-26-23(27)29-16-21(28)24-20-13-11-18(12-14-20)17(3)5-2/h4,6-14,17H,1,5,15-16H2,2-3H3,(H,24,28)/t17-/m0/s1. The summed E-state index contributed by atoms with van der Waals surface area (Å²) >= 11 is 1.37. The molecule has 0 unspecified atom stereocenters. The molecule has 1 heterocycles. The Labute approximate surface area is 176 Å². The SMILES string of the molecule is C=CCn1c(SCC(=O)Nc2ccc([C@@H](C)CC)cc2)nnc1-c1ccccc1. The van der Waals surface area contributed by atoms with Gasteiger partial charge in [0.15, 0.2) is 11.0 Å². The zero-order valence-corrected chi connectivity index (χ0v) is 17.7. The third-order valence-electron chi connectivity index (χ3n) is 4.77. The molecule has 3 aromatic rings. The van der Waals surface area contributed by atoms with E-state index < -0.39 is 0 Å². The first-order chi connectivity index (χ1) is 14.1. The van der Waals surface area contributed by atoms with Crippen molar-refractivity contribution in [2.75, 3.05) is 11.1 Å². The quantitative estimate of drug-likeness (QED) is 0.383. The summed E-state index contributed by atoms with van der Waals surface area (Å²) in [6, 6.07) is 17.9. The highest BCUT2D eigenvalue weighted by Gasteiger charge is 2.15. The summed E-state index contributed by atoms with van der Waals surface area (Å²) in [5, 5.41) is 12.2. The number of nitrogens with one attached hydrogen (secondary N) is 1. The van der Waals surface area contributed by atoms with Crippen molar-refractivity contribution in [1.82, 2.24) is 14.8 Å². The predicted molar refractivity (Wildman–Crippen MR) is 120 cm³/mol. The first-order valence-corrected chi connectivity index (χ1v) is 10.7. The Morgan fingerprint density at radius 1 is 1.17 bits per heavy atom. The van der Waals surface area contributed by atoms with Gasteiger partial charge >= 0.3 is 0 Å². The summed E-state index contributed by atoms with van der Waals surface area (Å²) in [4.78, 5) is 12.4. The van der Waals surface area contributed by atoms with Crippen molar-refractivity contribution in [2.45, 2.75) is 37.9 Å². The van der Waals surface area contributed by atoms with Crippen LogP contribution in [0.25, 0.3) is 11.4 Å². The Balaban J connectivity index is 1.64. The second-order valence-electron chi connectivity index (χ2n) is 6.84. The molecule has 1 amide bonds. The van der Waals surface area contributed by atoms with E-state index >= 15 is 0 Å². The van der Waals surface area contributed by atoms with E-state index in [4.69, 9.17) is 0 Å². The molecular weight excluding hydrogens is 380 g/mol. The number of aromatic nitrogens is 3. The van der Waals surface area contributed by atoms with Crippen LogP contribution in [0.5, 0.6) is 0 Å². The minimum absolute atomic E-state index is 0.0688. The Kier molecular flexibility index (Phi) is 7.25. The van der Waals surface area contributed by atoms with Crippen molar-refractivity contribution in [3.05, 3.63) is 72.8 Å². The van der Waals surface area contributed by atoms with Gasteiger partial charge in [0.1, 0.15) is 0 Å². The van der Waals surface area contributed by atoms with Gasteiger partial charge in [0.25, 0.3) is 0 Å². The molecule has 0 spiro atoms. The van der Waals surface area contributed by atoms with Crippen molar-refractivity contribution in [2.24, 2.45) is 0 Å². The lowest BCUT2D eigenvalue weighted by molar-refractivity contribution is -0.113. The van der Waals surface area contributed by atoms with Crippen molar-refractivity contribution >= 4 is 23.4 Å². The molecule has 1 atom stereocenters. The molecule has 0 saturated heterocycles. The van der Waals surface area contributed by atoms with Gasteiger partial charge in [0.05, 0.1) is 5.75 Å². The van der Waals surface area contributed by atoms with Gasteiger partial charge in [-0.1, -0.05) is 74.1 Å². The fourth-order valence-electron chi connectivity index (χ4n) is 2.95. The molecule has 2 aromatic carbocycles. The third-order valence-corrected chi connectivity index (χ3v) is 5.74. The van der Waals surface area contributed by atoms with Crippen LogP contribution in [0, 0.1) is 0 Å². The smallest absolute Gasteiger partial charge is 0.234 e. The van der Waals surface area contributed by atoms with Crippen LogP contribution < -0.4 is 5.32 Å². The number of thioether (sulfide) groups is 1. The van der Waals surface area contributed by atoms with Gasteiger partial charge in [0, 0.05) is 17.8 Å². The van der Waals surface area contributed by atoms with Gasteiger partial charge in [0.2, 0.25) is 5.91 Å². The summed E-state index contributed by atoms with van der Waals surface area (Å²) in [7, 11) is 0. The van der Waals surface area contributed by atoms with Gasteiger partial charge in [-0.25, -0.2) is 0 Å². The molecule has 0 aliphatic carbocycles. The van der Waals surface area contributed by atoms with E-state index in [2.05, 4.69) is 48.1 Å². The first-order valence-electron chi connectivity index (χ1n) is 9.74. The topological polar surface area (TPSA) is 59.8 Å². The molecule has 0 aliphatic rings.